The molecule has 0 aliphatic rings. The van der Waals surface area contributed by atoms with Crippen LogP contribution in [0.5, 0.6) is 0 Å². The van der Waals surface area contributed by atoms with Crippen LogP contribution in [0.4, 0.5) is 23.2 Å². The van der Waals surface area contributed by atoms with E-state index in [9.17, 15) is 27.5 Å². The Labute approximate surface area is 197 Å². The second kappa shape index (κ2) is 9.65. The molecule has 0 amide bonds. The molecule has 0 radical (unpaired) electrons. The molecule has 0 bridgehead atoms. The van der Waals surface area contributed by atoms with E-state index in [1.165, 1.54) is 12.1 Å². The number of aromatic nitrogens is 3. The third-order valence-electron chi connectivity index (χ3n) is 5.53. The van der Waals surface area contributed by atoms with Gasteiger partial charge in [-0.1, -0.05) is 18.2 Å². The maximum atomic E-state index is 13.9. The van der Waals surface area contributed by atoms with E-state index < -0.39 is 36.2 Å². The van der Waals surface area contributed by atoms with Gasteiger partial charge in [0, 0.05) is 22.7 Å². The Kier molecular flexibility index (Phi) is 6.63. The molecule has 0 aliphatic carbocycles. The zero-order valence-corrected chi connectivity index (χ0v) is 18.6. The number of carboxylic acid groups (broad SMARTS) is 1. The highest BCUT2D eigenvalue weighted by atomic mass is 19.3. The summed E-state index contributed by atoms with van der Waals surface area (Å²) in [6.07, 6.45) is -4.96. The van der Waals surface area contributed by atoms with Gasteiger partial charge in [0.2, 0.25) is 0 Å². The quantitative estimate of drug-likeness (QED) is 0.282. The number of benzene rings is 2. The van der Waals surface area contributed by atoms with E-state index in [1.54, 1.807) is 38.1 Å². The minimum atomic E-state index is -2.97. The fourth-order valence-corrected chi connectivity index (χ4v) is 3.94. The van der Waals surface area contributed by atoms with Crippen LogP contribution >= 0.6 is 0 Å². The number of alkyl halides is 4. The van der Waals surface area contributed by atoms with Crippen molar-refractivity contribution in [3.8, 4) is 11.3 Å². The monoisotopic (exact) mass is 484 g/mol. The van der Waals surface area contributed by atoms with Crippen LogP contribution in [0.2, 0.25) is 0 Å². The van der Waals surface area contributed by atoms with E-state index in [1.807, 2.05) is 6.07 Å². The molecule has 180 valence electrons. The number of hydrogen-bond acceptors (Lipinski definition) is 5. The Bertz CT molecular complexity index is 1410. The number of anilines is 1. The number of aryl methyl sites for hydroxylation is 1. The van der Waals surface area contributed by atoms with E-state index >= 15 is 0 Å². The SMILES string of the molecule is Cc1cc([C@@H](C)Nc2ccccc2C(=O)O)c2cc(-c3cc(C(F)F)ncn3)c(C(F)F)nc2c1. The first-order chi connectivity index (χ1) is 16.7. The molecular formula is C25H20F4N4O2. The smallest absolute Gasteiger partial charge is 0.337 e. The van der Waals surface area contributed by atoms with Gasteiger partial charge < -0.3 is 10.4 Å². The summed E-state index contributed by atoms with van der Waals surface area (Å²) in [4.78, 5) is 23.2. The number of hydrogen-bond donors (Lipinski definition) is 2. The predicted molar refractivity (Wildman–Crippen MR) is 123 cm³/mol. The van der Waals surface area contributed by atoms with Crippen LogP contribution in [-0.2, 0) is 0 Å². The summed E-state index contributed by atoms with van der Waals surface area (Å²) in [5, 5.41) is 13.2. The molecule has 6 nitrogen and oxygen atoms in total. The molecule has 2 aromatic carbocycles. The van der Waals surface area contributed by atoms with Crippen molar-refractivity contribution in [3.63, 3.8) is 0 Å². The van der Waals surface area contributed by atoms with Gasteiger partial charge in [0.05, 0.1) is 16.8 Å². The normalized spacial score (nSPS) is 12.3. The third kappa shape index (κ3) is 4.91. The van der Waals surface area contributed by atoms with Gasteiger partial charge in [0.25, 0.3) is 12.9 Å². The minimum absolute atomic E-state index is 0.0793. The van der Waals surface area contributed by atoms with Crippen molar-refractivity contribution in [3.05, 3.63) is 82.9 Å². The van der Waals surface area contributed by atoms with E-state index in [0.29, 0.717) is 22.2 Å². The van der Waals surface area contributed by atoms with E-state index in [4.69, 9.17) is 0 Å². The second-order valence-corrected chi connectivity index (χ2v) is 7.99. The zero-order valence-electron chi connectivity index (χ0n) is 18.6. The molecule has 0 saturated carbocycles. The first-order valence-corrected chi connectivity index (χ1v) is 10.6. The lowest BCUT2D eigenvalue weighted by molar-refractivity contribution is 0.0697. The van der Waals surface area contributed by atoms with Crippen LogP contribution in [0.1, 0.15) is 58.7 Å². The van der Waals surface area contributed by atoms with Crippen molar-refractivity contribution in [2.24, 2.45) is 0 Å². The zero-order chi connectivity index (χ0) is 25.3. The number of aromatic carboxylic acids is 1. The maximum Gasteiger partial charge on any atom is 0.337 e. The fraction of sp³-hybridized carbons (Fsp3) is 0.200. The number of carbonyl (C=O) groups is 1. The third-order valence-corrected chi connectivity index (χ3v) is 5.53. The lowest BCUT2D eigenvalue weighted by Crippen LogP contribution is -2.12. The van der Waals surface area contributed by atoms with Gasteiger partial charge in [-0.3, -0.25) is 0 Å². The van der Waals surface area contributed by atoms with Crippen LogP contribution in [0.3, 0.4) is 0 Å². The summed E-state index contributed by atoms with van der Waals surface area (Å²) < 4.78 is 54.3. The van der Waals surface area contributed by atoms with Crippen molar-refractivity contribution < 1.29 is 27.5 Å². The molecule has 0 unspecified atom stereocenters. The van der Waals surface area contributed by atoms with Crippen molar-refractivity contribution in [1.82, 2.24) is 15.0 Å². The van der Waals surface area contributed by atoms with Crippen molar-refractivity contribution in [2.75, 3.05) is 5.32 Å². The van der Waals surface area contributed by atoms with Crippen molar-refractivity contribution in [2.45, 2.75) is 32.7 Å². The lowest BCUT2D eigenvalue weighted by Gasteiger charge is -2.21. The van der Waals surface area contributed by atoms with Crippen LogP contribution in [0.25, 0.3) is 22.2 Å². The molecule has 2 N–H and O–H groups in total. The molecule has 0 saturated heterocycles. The highest BCUT2D eigenvalue weighted by Crippen LogP contribution is 2.36. The summed E-state index contributed by atoms with van der Waals surface area (Å²) >= 11 is 0. The number of nitrogens with zero attached hydrogens (tertiary/aromatic N) is 3. The van der Waals surface area contributed by atoms with Crippen LogP contribution in [-0.4, -0.2) is 26.0 Å². The van der Waals surface area contributed by atoms with Crippen LogP contribution < -0.4 is 5.32 Å². The number of rotatable bonds is 7. The van der Waals surface area contributed by atoms with Gasteiger partial charge in [0.1, 0.15) is 17.7 Å². The Morgan fingerprint density at radius 2 is 1.74 bits per heavy atom. The summed E-state index contributed by atoms with van der Waals surface area (Å²) in [5.74, 6) is -1.10. The average molecular weight is 484 g/mol. The van der Waals surface area contributed by atoms with Gasteiger partial charge in [-0.15, -0.1) is 0 Å². The van der Waals surface area contributed by atoms with E-state index in [0.717, 1.165) is 18.0 Å². The molecule has 2 heterocycles. The molecule has 10 heteroatoms. The molecule has 35 heavy (non-hydrogen) atoms. The molecule has 1 atom stereocenters. The second-order valence-electron chi connectivity index (χ2n) is 7.99. The first kappa shape index (κ1) is 24.1. The fourth-order valence-electron chi connectivity index (χ4n) is 3.94. The Hall–Kier alpha value is -4.08. The standard InChI is InChI=1S/C25H20F4N4O2/c1-12-7-15(13(2)32-18-6-4-3-5-14(18)25(34)35)16-9-17(22(24(28)29)33-20(16)8-12)19-10-21(23(26)27)31-11-30-19/h3-11,13,23-24,32H,1-2H3,(H,34,35)/t13-/m1/s1. The Morgan fingerprint density at radius 1 is 1.00 bits per heavy atom. The number of pyridine rings is 1. The predicted octanol–water partition coefficient (Wildman–Crippen LogP) is 6.75. The highest BCUT2D eigenvalue weighted by molar-refractivity contribution is 5.94. The van der Waals surface area contributed by atoms with Gasteiger partial charge >= 0.3 is 5.97 Å². The number of para-hydroxylation sites is 1. The molecular weight excluding hydrogens is 464 g/mol. The van der Waals surface area contributed by atoms with E-state index in [2.05, 4.69) is 20.3 Å². The molecule has 4 aromatic rings. The Balaban J connectivity index is 1.89. The van der Waals surface area contributed by atoms with E-state index in [-0.39, 0.29) is 16.8 Å². The number of carboxylic acids is 1. The largest absolute Gasteiger partial charge is 0.478 e. The maximum absolute atomic E-state index is 13.9. The summed E-state index contributed by atoms with van der Waals surface area (Å²) in [6, 6.07) is 11.9. The number of halogens is 4. The van der Waals surface area contributed by atoms with Gasteiger partial charge in [0.15, 0.2) is 0 Å². The molecule has 0 aliphatic heterocycles. The molecule has 4 rings (SSSR count). The summed E-state index contributed by atoms with van der Waals surface area (Å²) in [5.41, 5.74) is 0.843. The van der Waals surface area contributed by atoms with Gasteiger partial charge in [-0.25, -0.2) is 37.3 Å². The van der Waals surface area contributed by atoms with Crippen LogP contribution in [0.15, 0.2) is 54.9 Å². The Morgan fingerprint density at radius 3 is 2.43 bits per heavy atom. The van der Waals surface area contributed by atoms with Crippen LogP contribution in [0, 0.1) is 6.92 Å². The highest BCUT2D eigenvalue weighted by Gasteiger charge is 2.23. The summed E-state index contributed by atoms with van der Waals surface area (Å²) in [7, 11) is 0. The molecule has 0 spiro atoms. The number of nitrogens with one attached hydrogen (secondary N) is 1. The lowest BCUT2D eigenvalue weighted by atomic mass is 9.96. The first-order valence-electron chi connectivity index (χ1n) is 10.6. The molecule has 2 aromatic heterocycles. The van der Waals surface area contributed by atoms with Gasteiger partial charge in [-0.05, 0) is 55.3 Å². The van der Waals surface area contributed by atoms with Gasteiger partial charge in [-0.2, -0.15) is 0 Å². The van der Waals surface area contributed by atoms with Crippen molar-refractivity contribution in [1.29, 1.82) is 0 Å². The average Bonchev–Trinajstić information content (AvgIpc) is 2.82. The summed E-state index contributed by atoms with van der Waals surface area (Å²) in [6.45, 7) is 3.59. The number of fused-ring (bicyclic) bond motifs is 1. The van der Waals surface area contributed by atoms with Crippen molar-refractivity contribution >= 4 is 22.6 Å². The minimum Gasteiger partial charge on any atom is -0.478 e. The molecule has 0 fully saturated rings. The topological polar surface area (TPSA) is 88.0 Å².